The Morgan fingerprint density at radius 3 is 2.38 bits per heavy atom. The number of nitrogens with zero attached hydrogens (tertiary/aromatic N) is 3. The average molecular weight is 473 g/mol. The van der Waals surface area contributed by atoms with E-state index in [4.69, 9.17) is 0 Å². The van der Waals surface area contributed by atoms with Gasteiger partial charge in [-0.25, -0.2) is 13.4 Å². The highest BCUT2D eigenvalue weighted by Gasteiger charge is 2.24. The number of carbonyl (C=O) groups excluding carboxylic acids is 1. The molecular weight excluding hydrogens is 444 g/mol. The lowest BCUT2D eigenvalue weighted by molar-refractivity contribution is 0.102. The Kier molecular flexibility index (Phi) is 7.43. The molecule has 0 bridgehead atoms. The Hall–Kier alpha value is -2.62. The number of aryl methyl sites for hydroxylation is 1. The third kappa shape index (κ3) is 4.60. The zero-order valence-electron chi connectivity index (χ0n) is 18.9. The molecule has 1 aromatic heterocycles. The van der Waals surface area contributed by atoms with Gasteiger partial charge in [0, 0.05) is 24.5 Å². The summed E-state index contributed by atoms with van der Waals surface area (Å²) in [7, 11) is -3.65. The summed E-state index contributed by atoms with van der Waals surface area (Å²) in [6.45, 7) is 8.06. The van der Waals surface area contributed by atoms with Crippen LogP contribution in [0.15, 0.2) is 58.7 Å². The van der Waals surface area contributed by atoms with E-state index in [-0.39, 0.29) is 10.8 Å². The van der Waals surface area contributed by atoms with Crippen LogP contribution in [-0.4, -0.2) is 47.5 Å². The second-order valence-corrected chi connectivity index (χ2v) is 9.97. The van der Waals surface area contributed by atoms with E-state index in [2.05, 4.69) is 10.3 Å². The molecule has 0 aliphatic heterocycles. The number of anilines is 1. The van der Waals surface area contributed by atoms with Crippen molar-refractivity contribution in [1.29, 1.82) is 0 Å². The number of thioether (sulfide) groups is 1. The van der Waals surface area contributed by atoms with E-state index < -0.39 is 10.0 Å². The molecule has 0 spiro atoms. The number of hydrogen-bond donors (Lipinski definition) is 1. The van der Waals surface area contributed by atoms with Crippen molar-refractivity contribution >= 4 is 33.4 Å². The predicted molar refractivity (Wildman–Crippen MR) is 129 cm³/mol. The monoisotopic (exact) mass is 472 g/mol. The van der Waals surface area contributed by atoms with Gasteiger partial charge in [0.2, 0.25) is 10.0 Å². The lowest BCUT2D eigenvalue weighted by Gasteiger charge is -2.20. The molecule has 0 radical (unpaired) electrons. The number of amides is 1. The molecule has 0 atom stereocenters. The van der Waals surface area contributed by atoms with Crippen molar-refractivity contribution in [3.05, 3.63) is 65.5 Å². The van der Waals surface area contributed by atoms with E-state index in [1.807, 2.05) is 50.4 Å². The molecule has 1 N–H and O–H groups in total. The molecule has 1 heterocycles. The third-order valence-corrected chi connectivity index (χ3v) is 8.07. The number of hydrogen-bond acceptors (Lipinski definition) is 5. The molecule has 1 amide bonds. The van der Waals surface area contributed by atoms with Gasteiger partial charge in [-0.15, -0.1) is 0 Å². The summed E-state index contributed by atoms with van der Waals surface area (Å²) >= 11 is 1.44. The highest BCUT2D eigenvalue weighted by Crippen LogP contribution is 2.28. The minimum atomic E-state index is -3.65. The second-order valence-electron chi connectivity index (χ2n) is 7.26. The van der Waals surface area contributed by atoms with Gasteiger partial charge in [-0.2, -0.15) is 4.31 Å². The first-order valence-electron chi connectivity index (χ1n) is 10.3. The summed E-state index contributed by atoms with van der Waals surface area (Å²) in [6, 6.07) is 12.7. The third-order valence-electron chi connectivity index (χ3n) is 5.39. The molecule has 0 saturated carbocycles. The molecule has 170 valence electrons. The molecule has 32 heavy (non-hydrogen) atoms. The molecule has 3 rings (SSSR count). The lowest BCUT2D eigenvalue weighted by Crippen LogP contribution is -2.30. The standard InChI is InChI=1S/C23H28N4O3S2/c1-6-26(7-2)32(29,30)19-13-16(3)17(4)20(14-19)25-22(28)21-15-24-23(31-5)27(21)18-11-9-8-10-12-18/h8-15H,6-7H2,1-5H3,(H,25,28). The fourth-order valence-corrected chi connectivity index (χ4v) is 5.58. The largest absolute Gasteiger partial charge is 0.320 e. The molecule has 0 aliphatic rings. The number of aromatic nitrogens is 2. The number of nitrogens with one attached hydrogen (secondary N) is 1. The Morgan fingerprint density at radius 1 is 1.12 bits per heavy atom. The maximum atomic E-state index is 13.3. The van der Waals surface area contributed by atoms with E-state index in [9.17, 15) is 13.2 Å². The number of carbonyl (C=O) groups is 1. The van der Waals surface area contributed by atoms with Crippen molar-refractivity contribution < 1.29 is 13.2 Å². The van der Waals surface area contributed by atoms with Gasteiger partial charge in [0.15, 0.2) is 5.16 Å². The molecular formula is C23H28N4O3S2. The van der Waals surface area contributed by atoms with Crippen molar-refractivity contribution in [2.45, 2.75) is 37.7 Å². The van der Waals surface area contributed by atoms with Crippen LogP contribution in [0.3, 0.4) is 0 Å². The van der Waals surface area contributed by atoms with Gasteiger partial charge >= 0.3 is 0 Å². The fraction of sp³-hybridized carbons (Fsp3) is 0.304. The van der Waals surface area contributed by atoms with Gasteiger partial charge < -0.3 is 5.32 Å². The summed E-state index contributed by atoms with van der Waals surface area (Å²) in [6.07, 6.45) is 3.44. The first kappa shape index (κ1) is 24.0. The van der Waals surface area contributed by atoms with E-state index in [0.717, 1.165) is 16.8 Å². The first-order valence-corrected chi connectivity index (χ1v) is 13.0. The van der Waals surface area contributed by atoms with Gasteiger partial charge in [0.05, 0.1) is 11.1 Å². The van der Waals surface area contributed by atoms with Crippen LogP contribution in [0.2, 0.25) is 0 Å². The number of sulfonamides is 1. The van der Waals surface area contributed by atoms with E-state index in [0.29, 0.717) is 29.6 Å². The summed E-state index contributed by atoms with van der Waals surface area (Å²) in [5.41, 5.74) is 3.26. The average Bonchev–Trinajstić information content (AvgIpc) is 3.22. The van der Waals surface area contributed by atoms with Crippen molar-refractivity contribution in [3.8, 4) is 5.69 Å². The maximum absolute atomic E-state index is 13.3. The van der Waals surface area contributed by atoms with Crippen molar-refractivity contribution in [2.75, 3.05) is 24.7 Å². The fourth-order valence-electron chi connectivity index (χ4n) is 3.47. The number of rotatable bonds is 8. The number of para-hydroxylation sites is 1. The molecule has 7 nitrogen and oxygen atoms in total. The molecule has 3 aromatic rings. The zero-order chi connectivity index (χ0) is 23.5. The van der Waals surface area contributed by atoms with Crippen molar-refractivity contribution in [2.24, 2.45) is 0 Å². The predicted octanol–water partition coefficient (Wildman–Crippen LogP) is 4.49. The Balaban J connectivity index is 2.03. The molecule has 9 heteroatoms. The summed E-state index contributed by atoms with van der Waals surface area (Å²) in [5.74, 6) is -0.360. The van der Waals surface area contributed by atoms with Crippen LogP contribution in [0.25, 0.3) is 5.69 Å². The molecule has 0 saturated heterocycles. The minimum Gasteiger partial charge on any atom is -0.320 e. The van der Waals surface area contributed by atoms with E-state index >= 15 is 0 Å². The Morgan fingerprint density at radius 2 is 1.78 bits per heavy atom. The molecule has 0 unspecified atom stereocenters. The van der Waals surface area contributed by atoms with Crippen LogP contribution < -0.4 is 5.32 Å². The van der Waals surface area contributed by atoms with Crippen LogP contribution in [0, 0.1) is 13.8 Å². The van der Waals surface area contributed by atoms with Crippen LogP contribution in [0.4, 0.5) is 5.69 Å². The lowest BCUT2D eigenvalue weighted by atomic mass is 10.1. The maximum Gasteiger partial charge on any atom is 0.274 e. The van der Waals surface area contributed by atoms with Gasteiger partial charge in [0.1, 0.15) is 5.69 Å². The minimum absolute atomic E-state index is 0.168. The Labute approximate surface area is 193 Å². The first-order chi connectivity index (χ1) is 15.2. The van der Waals surface area contributed by atoms with E-state index in [1.54, 1.807) is 24.5 Å². The number of imidazole rings is 1. The molecule has 2 aromatic carbocycles. The SMILES string of the molecule is CCN(CC)S(=O)(=O)c1cc(C)c(C)c(NC(=O)c2cnc(SC)n2-c2ccccc2)c1. The van der Waals surface area contributed by atoms with Crippen LogP contribution in [0.5, 0.6) is 0 Å². The summed E-state index contributed by atoms with van der Waals surface area (Å²) in [4.78, 5) is 17.8. The topological polar surface area (TPSA) is 84.3 Å². The van der Waals surface area contributed by atoms with Crippen LogP contribution >= 0.6 is 11.8 Å². The summed E-state index contributed by atoms with van der Waals surface area (Å²) in [5, 5.41) is 3.60. The van der Waals surface area contributed by atoms with Gasteiger partial charge in [0.25, 0.3) is 5.91 Å². The normalized spacial score (nSPS) is 11.7. The van der Waals surface area contributed by atoms with Crippen LogP contribution in [-0.2, 0) is 10.0 Å². The zero-order valence-corrected chi connectivity index (χ0v) is 20.5. The molecule has 0 fully saturated rings. The summed E-state index contributed by atoms with van der Waals surface area (Å²) < 4.78 is 29.3. The van der Waals surface area contributed by atoms with Crippen molar-refractivity contribution in [1.82, 2.24) is 13.9 Å². The Bertz CT molecular complexity index is 1220. The molecule has 0 aliphatic carbocycles. The van der Waals surface area contributed by atoms with Gasteiger partial charge in [-0.05, 0) is 55.5 Å². The smallest absolute Gasteiger partial charge is 0.274 e. The highest BCUT2D eigenvalue weighted by atomic mass is 32.2. The quantitative estimate of drug-likeness (QED) is 0.488. The van der Waals surface area contributed by atoms with Gasteiger partial charge in [-0.1, -0.05) is 43.8 Å². The van der Waals surface area contributed by atoms with Gasteiger partial charge in [-0.3, -0.25) is 9.36 Å². The number of benzene rings is 2. The second kappa shape index (κ2) is 9.89. The van der Waals surface area contributed by atoms with Crippen LogP contribution in [0.1, 0.15) is 35.5 Å². The van der Waals surface area contributed by atoms with Crippen molar-refractivity contribution in [3.63, 3.8) is 0 Å². The van der Waals surface area contributed by atoms with E-state index in [1.165, 1.54) is 28.3 Å². The highest BCUT2D eigenvalue weighted by molar-refractivity contribution is 7.98.